The van der Waals surface area contributed by atoms with Crippen molar-refractivity contribution in [3.05, 3.63) is 33.8 Å². The third-order valence-corrected chi connectivity index (χ3v) is 5.59. The fourth-order valence-corrected chi connectivity index (χ4v) is 4.34. The molecule has 0 saturated heterocycles. The molecule has 0 radical (unpaired) electrons. The topological polar surface area (TPSA) is 34.1 Å². The number of nitrogens with one attached hydrogen (secondary N) is 1. The molecule has 2 aromatic heterocycles. The van der Waals surface area contributed by atoms with Crippen molar-refractivity contribution in [2.24, 2.45) is 0 Å². The molecule has 23 heavy (non-hydrogen) atoms. The number of halogens is 1. The first kappa shape index (κ1) is 16.7. The minimum atomic E-state index is 0.353. The van der Waals surface area contributed by atoms with Crippen LogP contribution in [-0.4, -0.2) is 18.1 Å². The number of ether oxygens (including phenoxy) is 1. The van der Waals surface area contributed by atoms with Gasteiger partial charge >= 0.3 is 0 Å². The highest BCUT2D eigenvalue weighted by Gasteiger charge is 2.17. The van der Waals surface area contributed by atoms with Crippen molar-refractivity contribution >= 4 is 22.9 Å². The highest BCUT2D eigenvalue weighted by molar-refractivity contribution is 7.19. The van der Waals surface area contributed by atoms with Gasteiger partial charge in [-0.1, -0.05) is 18.0 Å². The first-order valence-corrected chi connectivity index (χ1v) is 9.44. The molecule has 2 aromatic rings. The number of hydrogen-bond donors (Lipinski definition) is 1. The van der Waals surface area contributed by atoms with Crippen molar-refractivity contribution in [3.63, 3.8) is 0 Å². The van der Waals surface area contributed by atoms with E-state index in [2.05, 4.69) is 11.4 Å². The summed E-state index contributed by atoms with van der Waals surface area (Å²) in [5.74, 6) is 0.915. The summed E-state index contributed by atoms with van der Waals surface area (Å²) in [6.45, 7) is 2.81. The van der Waals surface area contributed by atoms with Gasteiger partial charge in [-0.05, 0) is 63.4 Å². The number of hydrogen-bond acceptors (Lipinski definition) is 4. The van der Waals surface area contributed by atoms with Gasteiger partial charge in [0.1, 0.15) is 5.75 Å². The zero-order valence-corrected chi connectivity index (χ0v) is 15.3. The molecule has 5 heteroatoms. The molecule has 0 aromatic carbocycles. The van der Waals surface area contributed by atoms with Gasteiger partial charge in [-0.25, -0.2) is 4.98 Å². The summed E-state index contributed by atoms with van der Waals surface area (Å²) in [6.07, 6.45) is 6.56. The molecule has 0 bridgehead atoms. The lowest BCUT2D eigenvalue weighted by molar-refractivity contribution is 0.153. The van der Waals surface area contributed by atoms with Crippen LogP contribution in [0.3, 0.4) is 0 Å². The fraction of sp³-hybridized carbons (Fsp3) is 0.500. The van der Waals surface area contributed by atoms with Gasteiger partial charge in [-0.3, -0.25) is 0 Å². The summed E-state index contributed by atoms with van der Waals surface area (Å²) < 4.78 is 6.96. The molecule has 3 rings (SSSR count). The molecule has 3 nitrogen and oxygen atoms in total. The van der Waals surface area contributed by atoms with Crippen LogP contribution >= 0.6 is 22.9 Å². The average Bonchev–Trinajstić information content (AvgIpc) is 2.91. The lowest BCUT2D eigenvalue weighted by Gasteiger charge is -2.23. The van der Waals surface area contributed by atoms with E-state index in [9.17, 15) is 0 Å². The van der Waals surface area contributed by atoms with Crippen LogP contribution in [0, 0.1) is 6.92 Å². The van der Waals surface area contributed by atoms with Crippen LogP contribution in [0.4, 0.5) is 0 Å². The smallest absolute Gasteiger partial charge is 0.140 e. The standard InChI is InChI=1S/C18H23ClN2OS/c1-12-16(22-14-6-4-3-5-7-14)9-8-15(21-12)18-13(11-20-2)10-17(19)23-18/h8-10,14,20H,3-7,11H2,1-2H3. The molecule has 124 valence electrons. The van der Waals surface area contributed by atoms with Crippen LogP contribution in [0.5, 0.6) is 5.75 Å². The van der Waals surface area contributed by atoms with Crippen molar-refractivity contribution in [3.8, 4) is 16.3 Å². The molecule has 0 unspecified atom stereocenters. The van der Waals surface area contributed by atoms with Crippen molar-refractivity contribution in [1.82, 2.24) is 10.3 Å². The van der Waals surface area contributed by atoms with Gasteiger partial charge < -0.3 is 10.1 Å². The van der Waals surface area contributed by atoms with Gasteiger partial charge in [0.25, 0.3) is 0 Å². The predicted octanol–water partition coefficient (Wildman–Crippen LogP) is 5.20. The molecule has 0 spiro atoms. The SMILES string of the molecule is CNCc1cc(Cl)sc1-c1ccc(OC2CCCCC2)c(C)n1. The molecule has 1 N–H and O–H groups in total. The van der Waals surface area contributed by atoms with Gasteiger partial charge in [0.05, 0.1) is 26.7 Å². The average molecular weight is 351 g/mol. The third kappa shape index (κ3) is 4.06. The minimum absolute atomic E-state index is 0.353. The van der Waals surface area contributed by atoms with E-state index in [1.165, 1.54) is 24.8 Å². The van der Waals surface area contributed by atoms with Crippen LogP contribution < -0.4 is 10.1 Å². The van der Waals surface area contributed by atoms with Gasteiger partial charge in [-0.15, -0.1) is 11.3 Å². The van der Waals surface area contributed by atoms with Crippen molar-refractivity contribution in [2.45, 2.75) is 51.7 Å². The highest BCUT2D eigenvalue weighted by atomic mass is 35.5. The summed E-state index contributed by atoms with van der Waals surface area (Å²) in [5.41, 5.74) is 3.11. The van der Waals surface area contributed by atoms with E-state index in [0.29, 0.717) is 6.10 Å². The summed E-state index contributed by atoms with van der Waals surface area (Å²) in [5, 5.41) is 3.18. The van der Waals surface area contributed by atoms with E-state index >= 15 is 0 Å². The molecule has 1 saturated carbocycles. The summed E-state index contributed by atoms with van der Waals surface area (Å²) in [6, 6.07) is 6.12. The maximum Gasteiger partial charge on any atom is 0.140 e. The minimum Gasteiger partial charge on any atom is -0.489 e. The third-order valence-electron chi connectivity index (χ3n) is 4.26. The Labute approximate surface area is 147 Å². The first-order valence-electron chi connectivity index (χ1n) is 8.25. The number of nitrogens with zero attached hydrogens (tertiary/aromatic N) is 1. The number of pyridine rings is 1. The number of aromatic nitrogens is 1. The fourth-order valence-electron chi connectivity index (χ4n) is 3.10. The Morgan fingerprint density at radius 2 is 2.09 bits per heavy atom. The molecule has 2 heterocycles. The van der Waals surface area contributed by atoms with E-state index in [4.69, 9.17) is 21.3 Å². The van der Waals surface area contributed by atoms with Crippen molar-refractivity contribution < 1.29 is 4.74 Å². The van der Waals surface area contributed by atoms with Crippen LogP contribution in [0.1, 0.15) is 43.4 Å². The number of aryl methyl sites for hydroxylation is 1. The molecule has 1 aliphatic rings. The Balaban J connectivity index is 1.81. The van der Waals surface area contributed by atoms with Gasteiger partial charge in [-0.2, -0.15) is 0 Å². The van der Waals surface area contributed by atoms with Crippen LogP contribution in [-0.2, 0) is 6.54 Å². The second-order valence-corrected chi connectivity index (χ2v) is 7.78. The normalized spacial score (nSPS) is 15.8. The summed E-state index contributed by atoms with van der Waals surface area (Å²) in [4.78, 5) is 5.90. The van der Waals surface area contributed by atoms with Crippen LogP contribution in [0.15, 0.2) is 18.2 Å². The maximum atomic E-state index is 6.19. The first-order chi connectivity index (χ1) is 11.2. The van der Waals surface area contributed by atoms with E-state index in [-0.39, 0.29) is 0 Å². The quantitative estimate of drug-likeness (QED) is 0.804. The molecule has 1 fully saturated rings. The molecular weight excluding hydrogens is 328 g/mol. The lowest BCUT2D eigenvalue weighted by Crippen LogP contribution is -2.20. The molecule has 0 aliphatic heterocycles. The Bertz CT molecular complexity index is 665. The zero-order valence-electron chi connectivity index (χ0n) is 13.7. The van der Waals surface area contributed by atoms with Crippen molar-refractivity contribution in [1.29, 1.82) is 0 Å². The zero-order chi connectivity index (χ0) is 16.2. The molecule has 0 atom stereocenters. The highest BCUT2D eigenvalue weighted by Crippen LogP contribution is 2.36. The van der Waals surface area contributed by atoms with E-state index in [0.717, 1.165) is 45.7 Å². The van der Waals surface area contributed by atoms with Gasteiger partial charge in [0.15, 0.2) is 0 Å². The van der Waals surface area contributed by atoms with E-state index in [1.54, 1.807) is 11.3 Å². The van der Waals surface area contributed by atoms with Gasteiger partial charge in [0.2, 0.25) is 0 Å². The second kappa shape index (κ2) is 7.65. The summed E-state index contributed by atoms with van der Waals surface area (Å²) >= 11 is 7.77. The second-order valence-electron chi connectivity index (χ2n) is 6.09. The Morgan fingerprint density at radius 3 is 2.78 bits per heavy atom. The Morgan fingerprint density at radius 1 is 1.30 bits per heavy atom. The molecule has 1 aliphatic carbocycles. The van der Waals surface area contributed by atoms with Crippen molar-refractivity contribution in [2.75, 3.05) is 7.05 Å². The van der Waals surface area contributed by atoms with Crippen LogP contribution in [0.25, 0.3) is 10.6 Å². The van der Waals surface area contributed by atoms with Gasteiger partial charge in [0, 0.05) is 6.54 Å². The van der Waals surface area contributed by atoms with E-state index in [1.807, 2.05) is 26.1 Å². The monoisotopic (exact) mass is 350 g/mol. The molecular formula is C18H23ClN2OS. The Hall–Kier alpha value is -1.10. The van der Waals surface area contributed by atoms with E-state index < -0.39 is 0 Å². The number of thiophene rings is 1. The predicted molar refractivity (Wildman–Crippen MR) is 97.6 cm³/mol. The number of rotatable bonds is 5. The molecule has 0 amide bonds. The largest absolute Gasteiger partial charge is 0.489 e. The van der Waals surface area contributed by atoms with Crippen LogP contribution in [0.2, 0.25) is 4.34 Å². The lowest BCUT2D eigenvalue weighted by atomic mass is 9.98. The Kier molecular flexibility index (Phi) is 5.57. The maximum absolute atomic E-state index is 6.19. The summed E-state index contributed by atoms with van der Waals surface area (Å²) in [7, 11) is 1.94.